The van der Waals surface area contributed by atoms with E-state index < -0.39 is 0 Å². The van der Waals surface area contributed by atoms with Gasteiger partial charge in [-0.2, -0.15) is 5.10 Å². The second-order valence-corrected chi connectivity index (χ2v) is 4.89. The van der Waals surface area contributed by atoms with Gasteiger partial charge in [-0.3, -0.25) is 5.43 Å². The van der Waals surface area contributed by atoms with Crippen LogP contribution in [-0.2, 0) is 0 Å². The van der Waals surface area contributed by atoms with Crippen LogP contribution in [0.25, 0.3) is 0 Å². The molecular weight excluding hydrogens is 342 g/mol. The summed E-state index contributed by atoms with van der Waals surface area (Å²) >= 11 is 8.11. The van der Waals surface area contributed by atoms with Crippen LogP contribution < -0.4 is 20.6 Å². The fraction of sp³-hybridized carbons (Fsp3) is 0.231. The summed E-state index contributed by atoms with van der Waals surface area (Å²) in [6.45, 7) is 6.45. The van der Waals surface area contributed by atoms with Crippen molar-refractivity contribution in [1.82, 2.24) is 5.43 Å². The van der Waals surface area contributed by atoms with Gasteiger partial charge in [-0.15, -0.1) is 0 Å². The number of nitrogens with one attached hydrogen (secondary N) is 1. The number of nitrogens with two attached hydrogens (primary N) is 1. The number of nitrogens with zero attached hydrogens (tertiary/aromatic N) is 1. The van der Waals surface area contributed by atoms with Gasteiger partial charge in [-0.1, -0.05) is 12.7 Å². The standard InChI is InChI=1S/C13H16BrN3O2S/c1-3-5-19-12-10(14)6-9(7-11(12)18-4-2)8-16-17-13(15)20/h3,6-8H,1,4-5H2,2H3,(H3,15,17,20)/b16-8+. The van der Waals surface area contributed by atoms with Crippen molar-refractivity contribution in [2.24, 2.45) is 10.8 Å². The molecule has 1 rings (SSSR count). The van der Waals surface area contributed by atoms with E-state index in [4.69, 9.17) is 15.2 Å². The highest BCUT2D eigenvalue weighted by Crippen LogP contribution is 2.36. The fourth-order valence-electron chi connectivity index (χ4n) is 1.38. The van der Waals surface area contributed by atoms with Crippen LogP contribution in [0.5, 0.6) is 11.5 Å². The lowest BCUT2D eigenvalue weighted by Gasteiger charge is -2.13. The van der Waals surface area contributed by atoms with Gasteiger partial charge in [-0.05, 0) is 52.8 Å². The normalized spacial score (nSPS) is 10.3. The molecule has 7 heteroatoms. The molecule has 0 aliphatic heterocycles. The van der Waals surface area contributed by atoms with Crippen molar-refractivity contribution in [2.75, 3.05) is 13.2 Å². The molecule has 0 saturated heterocycles. The van der Waals surface area contributed by atoms with Crippen molar-refractivity contribution in [3.63, 3.8) is 0 Å². The van der Waals surface area contributed by atoms with Gasteiger partial charge in [0.15, 0.2) is 16.6 Å². The smallest absolute Gasteiger partial charge is 0.184 e. The van der Waals surface area contributed by atoms with Crippen molar-refractivity contribution in [1.29, 1.82) is 0 Å². The zero-order valence-corrected chi connectivity index (χ0v) is 13.5. The Morgan fingerprint density at radius 1 is 1.55 bits per heavy atom. The Kier molecular flexibility index (Phi) is 7.03. The van der Waals surface area contributed by atoms with Crippen LogP contribution in [0, 0.1) is 0 Å². The molecule has 108 valence electrons. The molecule has 5 nitrogen and oxygen atoms in total. The Morgan fingerprint density at radius 2 is 2.30 bits per heavy atom. The Morgan fingerprint density at radius 3 is 2.90 bits per heavy atom. The molecule has 0 aromatic heterocycles. The third-order valence-electron chi connectivity index (χ3n) is 2.07. The molecule has 0 radical (unpaired) electrons. The molecule has 3 N–H and O–H groups in total. The van der Waals surface area contributed by atoms with E-state index in [9.17, 15) is 0 Å². The molecule has 0 spiro atoms. The summed E-state index contributed by atoms with van der Waals surface area (Å²) < 4.78 is 11.9. The molecule has 0 saturated carbocycles. The monoisotopic (exact) mass is 357 g/mol. The highest BCUT2D eigenvalue weighted by atomic mass is 79.9. The molecular formula is C13H16BrN3O2S. The van der Waals surface area contributed by atoms with E-state index in [1.807, 2.05) is 19.1 Å². The van der Waals surface area contributed by atoms with Gasteiger partial charge >= 0.3 is 0 Å². The number of thiocarbonyl (C=S) groups is 1. The van der Waals surface area contributed by atoms with E-state index in [1.54, 1.807) is 12.3 Å². The first-order valence-electron chi connectivity index (χ1n) is 5.87. The number of hydrazone groups is 1. The zero-order chi connectivity index (χ0) is 15.0. The second-order valence-electron chi connectivity index (χ2n) is 3.60. The maximum atomic E-state index is 5.58. The summed E-state index contributed by atoms with van der Waals surface area (Å²) in [6, 6.07) is 3.67. The van der Waals surface area contributed by atoms with Crippen molar-refractivity contribution in [3.05, 3.63) is 34.8 Å². The van der Waals surface area contributed by atoms with Gasteiger partial charge in [-0.25, -0.2) is 0 Å². The lowest BCUT2D eigenvalue weighted by atomic mass is 10.2. The third-order valence-corrected chi connectivity index (χ3v) is 2.75. The molecule has 0 bridgehead atoms. The van der Waals surface area contributed by atoms with Crippen LogP contribution in [0.4, 0.5) is 0 Å². The van der Waals surface area contributed by atoms with E-state index in [-0.39, 0.29) is 5.11 Å². The topological polar surface area (TPSA) is 68.9 Å². The number of hydrogen-bond acceptors (Lipinski definition) is 4. The number of rotatable bonds is 7. The molecule has 0 heterocycles. The summed E-state index contributed by atoms with van der Waals surface area (Å²) in [5, 5.41) is 4.01. The van der Waals surface area contributed by atoms with Crippen LogP contribution in [0.15, 0.2) is 34.4 Å². The zero-order valence-electron chi connectivity index (χ0n) is 11.1. The van der Waals surface area contributed by atoms with E-state index in [0.717, 1.165) is 10.0 Å². The van der Waals surface area contributed by atoms with Crippen LogP contribution >= 0.6 is 28.1 Å². The minimum absolute atomic E-state index is 0.108. The molecule has 0 aliphatic carbocycles. The van der Waals surface area contributed by atoms with Gasteiger partial charge in [0.05, 0.1) is 17.3 Å². The fourth-order valence-corrected chi connectivity index (χ4v) is 2.01. The van der Waals surface area contributed by atoms with Gasteiger partial charge in [0, 0.05) is 0 Å². The third kappa shape index (κ3) is 5.18. The van der Waals surface area contributed by atoms with Crippen LogP contribution in [-0.4, -0.2) is 24.5 Å². The maximum Gasteiger partial charge on any atom is 0.184 e. The second kappa shape index (κ2) is 8.55. The molecule has 0 aliphatic rings. The largest absolute Gasteiger partial charge is 0.490 e. The van der Waals surface area contributed by atoms with Crippen molar-refractivity contribution >= 4 is 39.5 Å². The highest BCUT2D eigenvalue weighted by Gasteiger charge is 2.11. The lowest BCUT2D eigenvalue weighted by molar-refractivity contribution is 0.295. The first-order valence-corrected chi connectivity index (χ1v) is 7.07. The van der Waals surface area contributed by atoms with Crippen molar-refractivity contribution < 1.29 is 9.47 Å². The predicted molar refractivity (Wildman–Crippen MR) is 88.5 cm³/mol. The Hall–Kier alpha value is -1.60. The van der Waals surface area contributed by atoms with Gasteiger partial charge in [0.25, 0.3) is 0 Å². The molecule has 0 unspecified atom stereocenters. The molecule has 0 atom stereocenters. The van der Waals surface area contributed by atoms with Gasteiger partial charge < -0.3 is 15.2 Å². The molecule has 20 heavy (non-hydrogen) atoms. The Labute approximate surface area is 132 Å². The highest BCUT2D eigenvalue weighted by molar-refractivity contribution is 9.10. The van der Waals surface area contributed by atoms with Crippen LogP contribution in [0.2, 0.25) is 0 Å². The number of halogens is 1. The Bertz CT molecular complexity index is 521. The van der Waals surface area contributed by atoms with E-state index >= 15 is 0 Å². The summed E-state index contributed by atoms with van der Waals surface area (Å²) in [4.78, 5) is 0. The molecule has 0 fully saturated rings. The van der Waals surface area contributed by atoms with Crippen LogP contribution in [0.3, 0.4) is 0 Å². The quantitative estimate of drug-likeness (QED) is 0.339. The van der Waals surface area contributed by atoms with Crippen molar-refractivity contribution in [3.8, 4) is 11.5 Å². The SMILES string of the molecule is C=CCOc1c(Br)cc(/C=N/NC(N)=S)cc1OCC. The average molecular weight is 358 g/mol. The maximum absolute atomic E-state index is 5.58. The molecule has 1 aromatic carbocycles. The molecule has 1 aromatic rings. The number of benzene rings is 1. The predicted octanol–water partition coefficient (Wildman–Crippen LogP) is 2.58. The first kappa shape index (κ1) is 16.5. The first-order chi connectivity index (χ1) is 9.58. The Balaban J connectivity index is 3.02. The minimum atomic E-state index is 0.108. The number of ether oxygens (including phenoxy) is 2. The number of hydrogen-bond donors (Lipinski definition) is 2. The average Bonchev–Trinajstić information content (AvgIpc) is 2.38. The van der Waals surface area contributed by atoms with E-state index in [0.29, 0.717) is 24.7 Å². The molecule has 0 amide bonds. The van der Waals surface area contributed by atoms with Crippen LogP contribution in [0.1, 0.15) is 12.5 Å². The van der Waals surface area contributed by atoms with Crippen molar-refractivity contribution in [2.45, 2.75) is 6.92 Å². The lowest BCUT2D eigenvalue weighted by Crippen LogP contribution is -2.23. The summed E-state index contributed by atoms with van der Waals surface area (Å²) in [5.41, 5.74) is 8.59. The summed E-state index contributed by atoms with van der Waals surface area (Å²) in [6.07, 6.45) is 3.26. The summed E-state index contributed by atoms with van der Waals surface area (Å²) in [7, 11) is 0. The van der Waals surface area contributed by atoms with Gasteiger partial charge in [0.2, 0.25) is 0 Å². The summed E-state index contributed by atoms with van der Waals surface area (Å²) in [5.74, 6) is 1.26. The van der Waals surface area contributed by atoms with Gasteiger partial charge in [0.1, 0.15) is 6.61 Å². The van der Waals surface area contributed by atoms with E-state index in [2.05, 4.69) is 45.3 Å². The van der Waals surface area contributed by atoms with E-state index in [1.165, 1.54) is 0 Å². The minimum Gasteiger partial charge on any atom is -0.490 e.